The van der Waals surface area contributed by atoms with Gasteiger partial charge in [0.25, 0.3) is 0 Å². The zero-order valence-electron chi connectivity index (χ0n) is 16.4. The van der Waals surface area contributed by atoms with Crippen LogP contribution in [0.3, 0.4) is 0 Å². The number of para-hydroxylation sites is 1. The number of aryl methyl sites for hydroxylation is 2. The van der Waals surface area contributed by atoms with E-state index >= 15 is 0 Å². The highest BCUT2D eigenvalue weighted by atomic mass is 35.5. The molecule has 4 nitrogen and oxygen atoms in total. The van der Waals surface area contributed by atoms with E-state index in [-0.39, 0.29) is 5.91 Å². The molecular weight excluding hydrogens is 346 g/mol. The Bertz CT molecular complexity index is 819. The molecule has 0 aliphatic heterocycles. The molecule has 0 fully saturated rings. The number of carbonyl (C=O) groups is 1. The van der Waals surface area contributed by atoms with E-state index in [0.29, 0.717) is 17.0 Å². The molecule has 2 rings (SSSR count). The lowest BCUT2D eigenvalue weighted by Crippen LogP contribution is -2.11. The van der Waals surface area contributed by atoms with Crippen molar-refractivity contribution in [1.82, 2.24) is 9.78 Å². The molecule has 0 bridgehead atoms. The molecule has 0 aliphatic rings. The van der Waals surface area contributed by atoms with E-state index in [9.17, 15) is 4.79 Å². The lowest BCUT2D eigenvalue weighted by molar-refractivity contribution is -0.111. The Morgan fingerprint density at radius 3 is 2.58 bits per heavy atom. The van der Waals surface area contributed by atoms with Gasteiger partial charge < -0.3 is 5.32 Å². The number of hydrogen-bond donors (Lipinski definition) is 1. The van der Waals surface area contributed by atoms with Gasteiger partial charge in [0, 0.05) is 23.9 Å². The summed E-state index contributed by atoms with van der Waals surface area (Å²) in [5, 5.41) is 8.05. The molecule has 1 amide bonds. The van der Waals surface area contributed by atoms with Gasteiger partial charge in [0.15, 0.2) is 0 Å². The molecule has 0 spiro atoms. The van der Waals surface area contributed by atoms with E-state index in [1.54, 1.807) is 10.8 Å². The van der Waals surface area contributed by atoms with Crippen LogP contribution in [0, 0.1) is 19.8 Å². The van der Waals surface area contributed by atoms with Crippen molar-refractivity contribution in [2.45, 2.75) is 54.0 Å². The fraction of sp³-hybridized carbons (Fsp3) is 0.429. The average molecular weight is 374 g/mol. The van der Waals surface area contributed by atoms with Gasteiger partial charge in [-0.15, -0.1) is 0 Å². The standard InChI is InChI=1S/C21H28ClN3O/c1-13(2)12-25-21(22)18(16(6)24-25)10-11-19(26)23-20-15(5)8-7-9-17(20)14(3)4/h7-11,13-14H,12H2,1-6H3,(H,23,26)/b11-10+. The molecule has 1 heterocycles. The first-order valence-electron chi connectivity index (χ1n) is 9.02. The first-order chi connectivity index (χ1) is 12.2. The SMILES string of the molecule is Cc1cccc(C(C)C)c1NC(=O)/C=C/c1c(C)nn(CC(C)C)c1Cl. The molecular formula is C21H28ClN3O. The predicted molar refractivity (Wildman–Crippen MR) is 110 cm³/mol. The van der Waals surface area contributed by atoms with Crippen LogP contribution in [0.2, 0.25) is 5.15 Å². The van der Waals surface area contributed by atoms with Gasteiger partial charge in [-0.05, 0) is 42.9 Å². The van der Waals surface area contributed by atoms with Crippen LogP contribution < -0.4 is 5.32 Å². The number of aromatic nitrogens is 2. The number of nitrogens with zero attached hydrogens (tertiary/aromatic N) is 2. The molecule has 1 aromatic heterocycles. The van der Waals surface area contributed by atoms with Crippen molar-refractivity contribution in [2.75, 3.05) is 5.32 Å². The van der Waals surface area contributed by atoms with Crippen LogP contribution in [0.4, 0.5) is 5.69 Å². The monoisotopic (exact) mass is 373 g/mol. The smallest absolute Gasteiger partial charge is 0.248 e. The van der Waals surface area contributed by atoms with Crippen molar-refractivity contribution in [3.05, 3.63) is 51.8 Å². The summed E-state index contributed by atoms with van der Waals surface area (Å²) < 4.78 is 1.79. The van der Waals surface area contributed by atoms with Crippen molar-refractivity contribution >= 4 is 29.3 Å². The van der Waals surface area contributed by atoms with Crippen LogP contribution in [0.1, 0.15) is 56.0 Å². The fourth-order valence-electron chi connectivity index (χ4n) is 2.89. The maximum absolute atomic E-state index is 12.5. The lowest BCUT2D eigenvalue weighted by atomic mass is 9.98. The zero-order valence-corrected chi connectivity index (χ0v) is 17.2. The van der Waals surface area contributed by atoms with Crippen LogP contribution in [0.25, 0.3) is 6.08 Å². The van der Waals surface area contributed by atoms with Gasteiger partial charge >= 0.3 is 0 Å². The second-order valence-electron chi connectivity index (χ2n) is 7.38. The van der Waals surface area contributed by atoms with E-state index in [4.69, 9.17) is 11.6 Å². The molecule has 26 heavy (non-hydrogen) atoms. The van der Waals surface area contributed by atoms with Crippen molar-refractivity contribution in [2.24, 2.45) is 5.92 Å². The fourth-order valence-corrected chi connectivity index (χ4v) is 3.20. The summed E-state index contributed by atoms with van der Waals surface area (Å²) in [7, 11) is 0. The van der Waals surface area contributed by atoms with Gasteiger partial charge in [-0.3, -0.25) is 9.48 Å². The summed E-state index contributed by atoms with van der Waals surface area (Å²) in [6, 6.07) is 6.07. The van der Waals surface area contributed by atoms with E-state index in [0.717, 1.165) is 34.6 Å². The molecule has 0 saturated carbocycles. The predicted octanol–water partition coefficient (Wildman–Crippen LogP) is 5.58. The van der Waals surface area contributed by atoms with E-state index in [2.05, 4.69) is 38.1 Å². The summed E-state index contributed by atoms with van der Waals surface area (Å²) >= 11 is 6.43. The normalized spacial score (nSPS) is 11.7. The highest BCUT2D eigenvalue weighted by Gasteiger charge is 2.13. The molecule has 0 radical (unpaired) electrons. The van der Waals surface area contributed by atoms with Crippen molar-refractivity contribution in [1.29, 1.82) is 0 Å². The first kappa shape index (κ1) is 20.2. The minimum absolute atomic E-state index is 0.173. The quantitative estimate of drug-likeness (QED) is 0.671. The summed E-state index contributed by atoms with van der Waals surface area (Å²) in [5.74, 6) is 0.607. The Hall–Kier alpha value is -2.07. The molecule has 0 saturated heterocycles. The number of halogens is 1. The van der Waals surface area contributed by atoms with E-state index in [1.165, 1.54) is 6.08 Å². The minimum Gasteiger partial charge on any atom is -0.322 e. The molecule has 2 aromatic rings. The number of hydrogen-bond acceptors (Lipinski definition) is 2. The van der Waals surface area contributed by atoms with Crippen LogP contribution in [0.15, 0.2) is 24.3 Å². The topological polar surface area (TPSA) is 46.9 Å². The summed E-state index contributed by atoms with van der Waals surface area (Å²) in [5.41, 5.74) is 4.67. The maximum Gasteiger partial charge on any atom is 0.248 e. The molecule has 0 atom stereocenters. The molecule has 140 valence electrons. The molecule has 0 unspecified atom stereocenters. The number of carbonyl (C=O) groups excluding carboxylic acids is 1. The second-order valence-corrected chi connectivity index (χ2v) is 7.74. The summed E-state index contributed by atoms with van der Waals surface area (Å²) in [4.78, 5) is 12.5. The first-order valence-corrected chi connectivity index (χ1v) is 9.40. The Kier molecular flexibility index (Phi) is 6.65. The van der Waals surface area contributed by atoms with Crippen LogP contribution in [0.5, 0.6) is 0 Å². The number of amides is 1. The van der Waals surface area contributed by atoms with Crippen LogP contribution in [-0.2, 0) is 11.3 Å². The second kappa shape index (κ2) is 8.54. The number of rotatable bonds is 6. The maximum atomic E-state index is 12.5. The van der Waals surface area contributed by atoms with E-state index in [1.807, 2.05) is 32.0 Å². The molecule has 5 heteroatoms. The zero-order chi connectivity index (χ0) is 19.4. The third kappa shape index (κ3) is 4.76. The largest absolute Gasteiger partial charge is 0.322 e. The Morgan fingerprint density at radius 1 is 1.27 bits per heavy atom. The van der Waals surface area contributed by atoms with Gasteiger partial charge in [-0.1, -0.05) is 57.5 Å². The van der Waals surface area contributed by atoms with Gasteiger partial charge in [0.1, 0.15) is 5.15 Å². The van der Waals surface area contributed by atoms with Crippen LogP contribution >= 0.6 is 11.6 Å². The Balaban J connectivity index is 2.20. The van der Waals surface area contributed by atoms with Gasteiger partial charge in [-0.25, -0.2) is 0 Å². The van der Waals surface area contributed by atoms with Gasteiger partial charge in [-0.2, -0.15) is 5.10 Å². The van der Waals surface area contributed by atoms with Gasteiger partial charge in [0.05, 0.1) is 5.69 Å². The number of benzene rings is 1. The highest BCUT2D eigenvalue weighted by Crippen LogP contribution is 2.27. The third-order valence-electron chi connectivity index (χ3n) is 4.22. The highest BCUT2D eigenvalue weighted by molar-refractivity contribution is 6.31. The minimum atomic E-state index is -0.173. The number of nitrogens with one attached hydrogen (secondary N) is 1. The van der Waals surface area contributed by atoms with Gasteiger partial charge in [0.2, 0.25) is 5.91 Å². The molecule has 1 N–H and O–H groups in total. The summed E-state index contributed by atoms with van der Waals surface area (Å²) in [6.45, 7) is 13.1. The number of anilines is 1. The van der Waals surface area contributed by atoms with Crippen molar-refractivity contribution in [3.63, 3.8) is 0 Å². The third-order valence-corrected chi connectivity index (χ3v) is 4.62. The van der Waals surface area contributed by atoms with Crippen LogP contribution in [-0.4, -0.2) is 15.7 Å². The van der Waals surface area contributed by atoms with E-state index < -0.39 is 0 Å². The Labute approximate surface area is 161 Å². The molecule has 0 aliphatic carbocycles. The summed E-state index contributed by atoms with van der Waals surface area (Å²) in [6.07, 6.45) is 3.26. The lowest BCUT2D eigenvalue weighted by Gasteiger charge is -2.15. The van der Waals surface area contributed by atoms with Crippen molar-refractivity contribution < 1.29 is 4.79 Å². The Morgan fingerprint density at radius 2 is 1.96 bits per heavy atom. The molecule has 1 aromatic carbocycles. The van der Waals surface area contributed by atoms with Crippen molar-refractivity contribution in [3.8, 4) is 0 Å². The average Bonchev–Trinajstić information content (AvgIpc) is 2.80.